The van der Waals surface area contributed by atoms with E-state index in [9.17, 15) is 19.2 Å². The molecule has 8 nitrogen and oxygen atoms in total. The molecule has 0 radical (unpaired) electrons. The molecule has 124 valence electrons. The monoisotopic (exact) mass is 315 g/mol. The van der Waals surface area contributed by atoms with E-state index in [0.29, 0.717) is 13.1 Å². The summed E-state index contributed by atoms with van der Waals surface area (Å²) in [5.41, 5.74) is 0. The van der Waals surface area contributed by atoms with Crippen molar-refractivity contribution >= 4 is 23.8 Å². The van der Waals surface area contributed by atoms with Gasteiger partial charge in [0.15, 0.2) is 0 Å². The van der Waals surface area contributed by atoms with Crippen LogP contribution in [-0.2, 0) is 28.7 Å². The summed E-state index contributed by atoms with van der Waals surface area (Å²) in [4.78, 5) is 47.5. The number of ether oxygens (including phenoxy) is 2. The highest BCUT2D eigenvalue weighted by Gasteiger charge is 2.42. The van der Waals surface area contributed by atoms with Crippen molar-refractivity contribution in [1.82, 2.24) is 4.90 Å². The molecule has 0 aromatic carbocycles. The Kier molecular flexibility index (Phi) is 6.33. The molecule has 1 amide bonds. The Morgan fingerprint density at radius 2 is 1.64 bits per heavy atom. The smallest absolute Gasteiger partial charge is 0.349 e. The lowest BCUT2D eigenvalue weighted by Gasteiger charge is -2.34. The van der Waals surface area contributed by atoms with Gasteiger partial charge >= 0.3 is 17.9 Å². The van der Waals surface area contributed by atoms with Gasteiger partial charge in [0.25, 0.3) is 5.91 Å². The van der Waals surface area contributed by atoms with Crippen molar-refractivity contribution in [3.63, 3.8) is 0 Å². The van der Waals surface area contributed by atoms with E-state index in [0.717, 1.165) is 26.7 Å². The minimum atomic E-state index is -1.86. The third kappa shape index (κ3) is 5.01. The molecule has 0 aromatic heterocycles. The van der Waals surface area contributed by atoms with Crippen molar-refractivity contribution in [3.05, 3.63) is 0 Å². The molecule has 1 saturated heterocycles. The molecule has 1 N–H and O–H groups in total. The average Bonchev–Trinajstić information content (AvgIpc) is 2.41. The Morgan fingerprint density at radius 1 is 1.09 bits per heavy atom. The summed E-state index contributed by atoms with van der Waals surface area (Å²) < 4.78 is 9.49. The zero-order valence-electron chi connectivity index (χ0n) is 12.9. The van der Waals surface area contributed by atoms with Crippen molar-refractivity contribution in [1.29, 1.82) is 0 Å². The van der Waals surface area contributed by atoms with Crippen LogP contribution in [-0.4, -0.2) is 59.1 Å². The van der Waals surface area contributed by atoms with Crippen LogP contribution in [0.4, 0.5) is 0 Å². The molecule has 22 heavy (non-hydrogen) atoms. The highest BCUT2D eigenvalue weighted by atomic mass is 16.6. The number of piperidine rings is 1. The van der Waals surface area contributed by atoms with E-state index in [4.69, 9.17) is 9.84 Å². The van der Waals surface area contributed by atoms with E-state index in [1.807, 2.05) is 6.92 Å². The van der Waals surface area contributed by atoms with Crippen LogP contribution in [0, 0.1) is 5.92 Å². The van der Waals surface area contributed by atoms with Gasteiger partial charge in [-0.1, -0.05) is 6.92 Å². The largest absolute Gasteiger partial charge is 0.478 e. The first-order chi connectivity index (χ1) is 10.2. The number of carboxylic acid groups (broad SMARTS) is 1. The molecule has 0 spiro atoms. The maximum absolute atomic E-state index is 12.5. The highest BCUT2D eigenvalue weighted by Crippen LogP contribution is 2.19. The van der Waals surface area contributed by atoms with Gasteiger partial charge < -0.3 is 19.5 Å². The minimum absolute atomic E-state index is 0.271. The van der Waals surface area contributed by atoms with Crippen molar-refractivity contribution in [3.8, 4) is 0 Å². The number of carboxylic acids is 1. The number of amides is 1. The zero-order chi connectivity index (χ0) is 16.9. The number of carbonyl (C=O) groups excluding carboxylic acids is 3. The van der Waals surface area contributed by atoms with Crippen LogP contribution in [0.5, 0.6) is 0 Å². The molecule has 1 heterocycles. The predicted octanol–water partition coefficient (Wildman–Crippen LogP) is 0.193. The van der Waals surface area contributed by atoms with Gasteiger partial charge in [0.05, 0.1) is 0 Å². The molecule has 0 bridgehead atoms. The number of rotatable bonds is 5. The number of esters is 2. The Bertz CT molecular complexity index is 462. The van der Waals surface area contributed by atoms with E-state index < -0.39 is 36.0 Å². The average molecular weight is 315 g/mol. The summed E-state index contributed by atoms with van der Waals surface area (Å²) in [5.74, 6) is -3.62. The van der Waals surface area contributed by atoms with Gasteiger partial charge in [0, 0.05) is 26.9 Å². The van der Waals surface area contributed by atoms with Crippen LogP contribution >= 0.6 is 0 Å². The number of hydrogen-bond donors (Lipinski definition) is 1. The second-order valence-electron chi connectivity index (χ2n) is 5.43. The number of aliphatic carboxylic acids is 1. The highest BCUT2D eigenvalue weighted by molar-refractivity contribution is 5.91. The predicted molar refractivity (Wildman–Crippen MR) is 73.7 cm³/mol. The second-order valence-corrected chi connectivity index (χ2v) is 5.43. The van der Waals surface area contributed by atoms with Gasteiger partial charge in [-0.05, 0) is 18.8 Å². The second kappa shape index (κ2) is 7.77. The van der Waals surface area contributed by atoms with Crippen LogP contribution in [0.1, 0.15) is 33.6 Å². The van der Waals surface area contributed by atoms with Crippen LogP contribution in [0.2, 0.25) is 0 Å². The molecule has 1 rings (SSSR count). The van der Waals surface area contributed by atoms with Gasteiger partial charge in [0.1, 0.15) is 0 Å². The lowest BCUT2D eigenvalue weighted by molar-refractivity contribution is -0.184. The van der Waals surface area contributed by atoms with Gasteiger partial charge in [-0.3, -0.25) is 14.4 Å². The van der Waals surface area contributed by atoms with E-state index in [1.165, 1.54) is 4.90 Å². The molecule has 0 aromatic rings. The summed E-state index contributed by atoms with van der Waals surface area (Å²) in [5, 5.41) is 9.17. The third-order valence-electron chi connectivity index (χ3n) is 3.32. The van der Waals surface area contributed by atoms with E-state index in [2.05, 4.69) is 4.74 Å². The first-order valence-electron chi connectivity index (χ1n) is 7.08. The van der Waals surface area contributed by atoms with E-state index in [1.54, 1.807) is 0 Å². The molecular weight excluding hydrogens is 294 g/mol. The molecule has 3 atom stereocenters. The lowest BCUT2D eigenvalue weighted by atomic mass is 9.99. The molecular formula is C14H21NO7. The maximum atomic E-state index is 12.5. The summed E-state index contributed by atoms with van der Waals surface area (Å²) in [6.07, 6.45) is -1.78. The van der Waals surface area contributed by atoms with Crippen LogP contribution in [0.3, 0.4) is 0 Å². The molecule has 1 fully saturated rings. The lowest BCUT2D eigenvalue weighted by Crippen LogP contribution is -2.53. The number of likely N-dealkylation sites (tertiary alicyclic amines) is 1. The van der Waals surface area contributed by atoms with E-state index in [-0.39, 0.29) is 5.92 Å². The van der Waals surface area contributed by atoms with Crippen molar-refractivity contribution in [2.24, 2.45) is 5.92 Å². The van der Waals surface area contributed by atoms with Crippen molar-refractivity contribution in [2.75, 3.05) is 13.1 Å². The van der Waals surface area contributed by atoms with Crippen LogP contribution < -0.4 is 0 Å². The summed E-state index contributed by atoms with van der Waals surface area (Å²) in [7, 11) is 0. The molecule has 1 aliphatic heterocycles. The van der Waals surface area contributed by atoms with Crippen LogP contribution in [0.25, 0.3) is 0 Å². The molecule has 1 aliphatic rings. The van der Waals surface area contributed by atoms with Crippen LogP contribution in [0.15, 0.2) is 0 Å². The standard InChI is InChI=1S/C14H21NO7/c1-8-5-4-6-15(7-8)13(18)11(21-9(2)16)12(14(19)20)22-10(3)17/h8,11-12H,4-7H2,1-3H3,(H,19,20). The quantitative estimate of drug-likeness (QED) is 0.721. The van der Waals surface area contributed by atoms with Gasteiger partial charge in [-0.15, -0.1) is 0 Å². The molecule has 3 unspecified atom stereocenters. The normalized spacial score (nSPS) is 20.7. The number of carbonyl (C=O) groups is 4. The first-order valence-corrected chi connectivity index (χ1v) is 7.08. The van der Waals surface area contributed by atoms with Crippen molar-refractivity contribution in [2.45, 2.75) is 45.8 Å². The molecule has 0 saturated carbocycles. The Balaban J connectivity index is 2.98. The first kappa shape index (κ1) is 17.9. The number of nitrogens with zero attached hydrogens (tertiary/aromatic N) is 1. The number of hydrogen-bond acceptors (Lipinski definition) is 6. The van der Waals surface area contributed by atoms with E-state index >= 15 is 0 Å². The summed E-state index contributed by atoms with van der Waals surface area (Å²) in [6, 6.07) is 0. The summed E-state index contributed by atoms with van der Waals surface area (Å²) >= 11 is 0. The minimum Gasteiger partial charge on any atom is -0.478 e. The Morgan fingerprint density at radius 3 is 2.09 bits per heavy atom. The fourth-order valence-electron chi connectivity index (χ4n) is 2.41. The van der Waals surface area contributed by atoms with Gasteiger partial charge in [-0.25, -0.2) is 4.79 Å². The Labute approximate surface area is 128 Å². The molecule has 0 aliphatic carbocycles. The fourth-order valence-corrected chi connectivity index (χ4v) is 2.41. The Hall–Kier alpha value is -2.12. The SMILES string of the molecule is CC(=O)OC(C(=O)O)C(OC(C)=O)C(=O)N1CCCC(C)C1. The summed E-state index contributed by atoms with van der Waals surface area (Å²) in [6.45, 7) is 4.96. The zero-order valence-corrected chi connectivity index (χ0v) is 12.9. The topological polar surface area (TPSA) is 110 Å². The van der Waals surface area contributed by atoms with Gasteiger partial charge in [-0.2, -0.15) is 0 Å². The molecule has 8 heteroatoms. The fraction of sp³-hybridized carbons (Fsp3) is 0.714. The third-order valence-corrected chi connectivity index (χ3v) is 3.32. The van der Waals surface area contributed by atoms with Gasteiger partial charge in [0.2, 0.25) is 12.2 Å². The van der Waals surface area contributed by atoms with Crippen molar-refractivity contribution < 1.29 is 33.8 Å². The maximum Gasteiger partial charge on any atom is 0.349 e.